The minimum Gasteiger partial charge on any atom is -0.493 e. The maximum absolute atomic E-state index is 13.0. The quantitative estimate of drug-likeness (QED) is 0.715. The van der Waals surface area contributed by atoms with Gasteiger partial charge >= 0.3 is 0 Å². The number of piperidine rings is 1. The molecule has 0 bridgehead atoms. The first-order chi connectivity index (χ1) is 15.2. The molecule has 2 aromatic rings. The highest BCUT2D eigenvalue weighted by Gasteiger charge is 2.31. The van der Waals surface area contributed by atoms with Gasteiger partial charge in [-0.3, -0.25) is 9.59 Å². The van der Waals surface area contributed by atoms with E-state index in [1.165, 1.54) is 0 Å². The van der Waals surface area contributed by atoms with Crippen molar-refractivity contribution in [3.8, 4) is 5.75 Å². The van der Waals surface area contributed by atoms with E-state index in [1.54, 1.807) is 6.20 Å². The number of piperazine rings is 1. The summed E-state index contributed by atoms with van der Waals surface area (Å²) in [5.41, 5.74) is 0. The Morgan fingerprint density at radius 2 is 1.58 bits per heavy atom. The molecule has 3 heterocycles. The molecule has 0 unspecified atom stereocenters. The van der Waals surface area contributed by atoms with E-state index in [9.17, 15) is 9.59 Å². The third-order valence-electron chi connectivity index (χ3n) is 6.09. The van der Waals surface area contributed by atoms with Crippen LogP contribution in [0.5, 0.6) is 5.75 Å². The number of amides is 2. The summed E-state index contributed by atoms with van der Waals surface area (Å²) in [6.07, 6.45) is 3.65. The molecule has 0 saturated carbocycles. The third kappa shape index (κ3) is 5.54. The number of benzene rings is 1. The van der Waals surface area contributed by atoms with Crippen LogP contribution in [-0.4, -0.2) is 72.5 Å². The lowest BCUT2D eigenvalue weighted by Crippen LogP contribution is -2.52. The van der Waals surface area contributed by atoms with Crippen LogP contribution < -0.4 is 9.64 Å². The van der Waals surface area contributed by atoms with Crippen LogP contribution in [0, 0.1) is 5.92 Å². The smallest absolute Gasteiger partial charge is 0.225 e. The van der Waals surface area contributed by atoms with Gasteiger partial charge in [0.05, 0.1) is 13.0 Å². The summed E-state index contributed by atoms with van der Waals surface area (Å²) in [6, 6.07) is 15.4. The predicted molar refractivity (Wildman–Crippen MR) is 119 cm³/mol. The SMILES string of the molecule is O=C(CCOc1ccccc1)N1CCC(C(=O)N2CCN(c3ccccn3)CC2)CC1. The van der Waals surface area contributed by atoms with Gasteiger partial charge in [0.15, 0.2) is 0 Å². The summed E-state index contributed by atoms with van der Waals surface area (Å²) in [5.74, 6) is 2.11. The van der Waals surface area contributed by atoms with Gasteiger partial charge < -0.3 is 19.4 Å². The van der Waals surface area contributed by atoms with Crippen LogP contribution in [0.1, 0.15) is 19.3 Å². The molecule has 164 valence electrons. The second kappa shape index (κ2) is 10.3. The fourth-order valence-corrected chi connectivity index (χ4v) is 4.26. The zero-order valence-corrected chi connectivity index (χ0v) is 17.9. The van der Waals surface area contributed by atoms with Gasteiger partial charge in [0, 0.05) is 51.4 Å². The number of carbonyl (C=O) groups is 2. The summed E-state index contributed by atoms with van der Waals surface area (Å²) < 4.78 is 5.63. The van der Waals surface area contributed by atoms with Gasteiger partial charge in [0.2, 0.25) is 11.8 Å². The topological polar surface area (TPSA) is 66.0 Å². The van der Waals surface area contributed by atoms with Gasteiger partial charge in [0.25, 0.3) is 0 Å². The van der Waals surface area contributed by atoms with Crippen molar-refractivity contribution in [2.75, 3.05) is 50.8 Å². The number of likely N-dealkylation sites (tertiary alicyclic amines) is 1. The van der Waals surface area contributed by atoms with E-state index in [1.807, 2.05) is 58.3 Å². The lowest BCUT2D eigenvalue weighted by atomic mass is 9.94. The Morgan fingerprint density at radius 1 is 0.871 bits per heavy atom. The first-order valence-electron chi connectivity index (χ1n) is 11.1. The van der Waals surface area contributed by atoms with E-state index in [-0.39, 0.29) is 17.7 Å². The first kappa shape index (κ1) is 21.2. The van der Waals surface area contributed by atoms with Gasteiger partial charge in [0.1, 0.15) is 11.6 Å². The molecule has 2 amide bonds. The van der Waals surface area contributed by atoms with Gasteiger partial charge in [-0.15, -0.1) is 0 Å². The molecule has 2 aliphatic rings. The predicted octanol–water partition coefficient (Wildman–Crippen LogP) is 2.44. The molecule has 0 spiro atoms. The highest BCUT2D eigenvalue weighted by molar-refractivity contribution is 5.80. The van der Waals surface area contributed by atoms with E-state index < -0.39 is 0 Å². The molecule has 1 aromatic carbocycles. The Hall–Kier alpha value is -3.09. The monoisotopic (exact) mass is 422 g/mol. The van der Waals surface area contributed by atoms with Crippen LogP contribution in [0.25, 0.3) is 0 Å². The third-order valence-corrected chi connectivity index (χ3v) is 6.09. The second-order valence-corrected chi connectivity index (χ2v) is 8.07. The lowest BCUT2D eigenvalue weighted by Gasteiger charge is -2.39. The molecule has 2 saturated heterocycles. The van der Waals surface area contributed by atoms with Crippen LogP contribution in [0.4, 0.5) is 5.82 Å². The van der Waals surface area contributed by atoms with Crippen molar-refractivity contribution in [3.63, 3.8) is 0 Å². The Labute approximate surface area is 183 Å². The van der Waals surface area contributed by atoms with Crippen molar-refractivity contribution in [2.45, 2.75) is 19.3 Å². The normalized spacial score (nSPS) is 17.5. The molecule has 0 atom stereocenters. The van der Waals surface area contributed by atoms with Crippen LogP contribution in [0.3, 0.4) is 0 Å². The fraction of sp³-hybridized carbons (Fsp3) is 0.458. The van der Waals surface area contributed by atoms with Gasteiger partial charge in [-0.2, -0.15) is 0 Å². The largest absolute Gasteiger partial charge is 0.493 e. The minimum atomic E-state index is 0.0195. The van der Waals surface area contributed by atoms with E-state index in [2.05, 4.69) is 9.88 Å². The molecule has 4 rings (SSSR count). The van der Waals surface area contributed by atoms with Crippen molar-refractivity contribution >= 4 is 17.6 Å². The van der Waals surface area contributed by atoms with Crippen LogP contribution in [0.15, 0.2) is 54.7 Å². The Morgan fingerprint density at radius 3 is 2.26 bits per heavy atom. The Balaban J connectivity index is 1.17. The molecule has 0 N–H and O–H groups in total. The van der Waals surface area contributed by atoms with Gasteiger partial charge in [-0.05, 0) is 37.1 Å². The standard InChI is InChI=1S/C24H30N4O3/c29-23(11-19-31-21-6-2-1-3-7-21)27-13-9-20(10-14-27)24(30)28-17-15-26(16-18-28)22-8-4-5-12-25-22/h1-8,12,20H,9-11,13-19H2. The summed E-state index contributed by atoms with van der Waals surface area (Å²) >= 11 is 0. The number of carbonyl (C=O) groups excluding carboxylic acids is 2. The van der Waals surface area contributed by atoms with Crippen molar-refractivity contribution in [1.29, 1.82) is 0 Å². The molecule has 2 aliphatic heterocycles. The number of pyridine rings is 1. The van der Waals surface area contributed by atoms with Crippen molar-refractivity contribution in [2.24, 2.45) is 5.92 Å². The maximum Gasteiger partial charge on any atom is 0.225 e. The zero-order valence-electron chi connectivity index (χ0n) is 17.9. The number of aromatic nitrogens is 1. The van der Waals surface area contributed by atoms with Crippen LogP contribution in [-0.2, 0) is 9.59 Å². The number of anilines is 1. The van der Waals surface area contributed by atoms with E-state index in [0.717, 1.165) is 50.6 Å². The van der Waals surface area contributed by atoms with Gasteiger partial charge in [-0.1, -0.05) is 24.3 Å². The van der Waals surface area contributed by atoms with Crippen molar-refractivity contribution in [1.82, 2.24) is 14.8 Å². The molecule has 31 heavy (non-hydrogen) atoms. The summed E-state index contributed by atoms with van der Waals surface area (Å²) in [4.78, 5) is 35.9. The number of ether oxygens (including phenoxy) is 1. The second-order valence-electron chi connectivity index (χ2n) is 8.07. The van der Waals surface area contributed by atoms with E-state index >= 15 is 0 Å². The molecule has 2 fully saturated rings. The first-order valence-corrected chi connectivity index (χ1v) is 11.1. The molecule has 7 heteroatoms. The van der Waals surface area contributed by atoms with E-state index in [0.29, 0.717) is 26.1 Å². The minimum absolute atomic E-state index is 0.0195. The number of rotatable bonds is 6. The number of para-hydroxylation sites is 1. The number of hydrogen-bond acceptors (Lipinski definition) is 5. The Bertz CT molecular complexity index is 846. The van der Waals surface area contributed by atoms with Crippen molar-refractivity contribution in [3.05, 3.63) is 54.7 Å². The zero-order chi connectivity index (χ0) is 21.5. The molecular formula is C24H30N4O3. The Kier molecular flexibility index (Phi) is 7.02. The highest BCUT2D eigenvalue weighted by Crippen LogP contribution is 2.22. The molecule has 1 aromatic heterocycles. The molecule has 7 nitrogen and oxygen atoms in total. The highest BCUT2D eigenvalue weighted by atomic mass is 16.5. The average molecular weight is 423 g/mol. The van der Waals surface area contributed by atoms with E-state index in [4.69, 9.17) is 4.74 Å². The molecule has 0 radical (unpaired) electrons. The number of hydrogen-bond donors (Lipinski definition) is 0. The summed E-state index contributed by atoms with van der Waals surface area (Å²) in [7, 11) is 0. The molecule has 0 aliphatic carbocycles. The summed E-state index contributed by atoms with van der Waals surface area (Å²) in [5, 5.41) is 0. The lowest BCUT2D eigenvalue weighted by molar-refractivity contribution is -0.141. The fourth-order valence-electron chi connectivity index (χ4n) is 4.26. The number of nitrogens with zero attached hydrogens (tertiary/aromatic N) is 4. The molecular weight excluding hydrogens is 392 g/mol. The van der Waals surface area contributed by atoms with Gasteiger partial charge in [-0.25, -0.2) is 4.98 Å². The van der Waals surface area contributed by atoms with Crippen LogP contribution in [0.2, 0.25) is 0 Å². The summed E-state index contributed by atoms with van der Waals surface area (Å²) in [6.45, 7) is 4.74. The average Bonchev–Trinajstić information content (AvgIpc) is 2.85. The maximum atomic E-state index is 13.0. The van der Waals surface area contributed by atoms with Crippen molar-refractivity contribution < 1.29 is 14.3 Å². The van der Waals surface area contributed by atoms with Crippen LogP contribution >= 0.6 is 0 Å².